The van der Waals surface area contributed by atoms with Crippen LogP contribution in [0.15, 0.2) is 23.3 Å². The van der Waals surface area contributed by atoms with Crippen molar-refractivity contribution in [2.45, 2.75) is 53.6 Å². The molecule has 0 aromatic rings. The molecule has 0 rings (SSSR count). The van der Waals surface area contributed by atoms with Crippen LogP contribution in [0.3, 0.4) is 0 Å². The van der Waals surface area contributed by atoms with Crippen LogP contribution in [0.5, 0.6) is 0 Å². The highest BCUT2D eigenvalue weighted by atomic mass is 31.2. The zero-order valence-corrected chi connectivity index (χ0v) is 12.8. The van der Waals surface area contributed by atoms with Crippen LogP contribution in [0.25, 0.3) is 0 Å². The number of hydrogen-bond acceptors (Lipinski definition) is 1. The lowest BCUT2D eigenvalue weighted by atomic mass is 10.3. The largest absolute Gasteiger partial charge is 0.322 e. The quantitative estimate of drug-likeness (QED) is 0.496. The van der Waals surface area contributed by atoms with Gasteiger partial charge in [0.05, 0.1) is 7.14 Å². The first kappa shape index (κ1) is 15.7. The average molecular weight is 242 g/mol. The first-order valence-electron chi connectivity index (χ1n) is 5.93. The highest BCUT2D eigenvalue weighted by molar-refractivity contribution is 7.65. The van der Waals surface area contributed by atoms with E-state index in [1.807, 2.05) is 0 Å². The average Bonchev–Trinajstić information content (AvgIpc) is 2.09. The van der Waals surface area contributed by atoms with Crippen molar-refractivity contribution >= 4 is 7.14 Å². The van der Waals surface area contributed by atoms with Crippen LogP contribution in [0.2, 0.25) is 0 Å². The lowest BCUT2D eigenvalue weighted by Crippen LogP contribution is -2.18. The Kier molecular flexibility index (Phi) is 5.76. The topological polar surface area (TPSA) is 17.1 Å². The molecular weight excluding hydrogens is 215 g/mol. The molecule has 0 saturated heterocycles. The van der Waals surface area contributed by atoms with Crippen LogP contribution < -0.4 is 0 Å². The molecule has 16 heavy (non-hydrogen) atoms. The minimum Gasteiger partial charge on any atom is -0.322 e. The number of rotatable bonds is 4. The van der Waals surface area contributed by atoms with E-state index in [-0.39, 0.29) is 5.16 Å². The minimum atomic E-state index is -2.16. The van der Waals surface area contributed by atoms with Crippen molar-refractivity contribution in [2.75, 3.05) is 12.3 Å². The van der Waals surface area contributed by atoms with E-state index in [0.29, 0.717) is 0 Å². The summed E-state index contributed by atoms with van der Waals surface area (Å²) in [6.45, 7) is 14.5. The molecule has 94 valence electrons. The van der Waals surface area contributed by atoms with Crippen LogP contribution in [-0.2, 0) is 4.57 Å². The lowest BCUT2D eigenvalue weighted by molar-refractivity contribution is 0.552. The van der Waals surface area contributed by atoms with Crippen molar-refractivity contribution < 1.29 is 4.57 Å². The van der Waals surface area contributed by atoms with E-state index in [4.69, 9.17) is 0 Å². The van der Waals surface area contributed by atoms with Crippen molar-refractivity contribution in [3.8, 4) is 0 Å². The summed E-state index contributed by atoms with van der Waals surface area (Å²) in [6.07, 6.45) is 5.68. The summed E-state index contributed by atoms with van der Waals surface area (Å²) in [5.74, 6) is 0. The molecule has 0 aromatic heterocycles. The second kappa shape index (κ2) is 5.87. The van der Waals surface area contributed by atoms with Crippen molar-refractivity contribution in [2.24, 2.45) is 0 Å². The standard InChI is InChI=1S/C14H27OP/c1-12(2)8-10-16(15,14(5,6)7)11-9-13(3)4/h8-9H,10-11H2,1-7H3. The van der Waals surface area contributed by atoms with E-state index in [1.54, 1.807) is 0 Å². The summed E-state index contributed by atoms with van der Waals surface area (Å²) < 4.78 is 13.0. The summed E-state index contributed by atoms with van der Waals surface area (Å²) in [5, 5.41) is -0.106. The molecule has 0 heterocycles. The SMILES string of the molecule is CC(C)=CCP(=O)(CC=C(C)C)C(C)(C)C. The Bertz CT molecular complexity index is 297. The molecule has 0 atom stereocenters. The third kappa shape index (κ3) is 5.16. The van der Waals surface area contributed by atoms with Crippen LogP contribution in [-0.4, -0.2) is 17.5 Å². The Labute approximate surface area is 101 Å². The summed E-state index contributed by atoms with van der Waals surface area (Å²) >= 11 is 0. The number of hydrogen-bond donors (Lipinski definition) is 0. The molecule has 2 heteroatoms. The molecule has 0 unspecified atom stereocenters. The Morgan fingerprint density at radius 2 is 1.25 bits per heavy atom. The molecule has 0 bridgehead atoms. The van der Waals surface area contributed by atoms with Gasteiger partial charge in [-0.15, -0.1) is 0 Å². The fourth-order valence-electron chi connectivity index (χ4n) is 1.28. The van der Waals surface area contributed by atoms with Crippen molar-refractivity contribution in [1.82, 2.24) is 0 Å². The maximum absolute atomic E-state index is 13.0. The molecule has 0 spiro atoms. The number of allylic oxidation sites excluding steroid dienone is 4. The van der Waals surface area contributed by atoms with Gasteiger partial charge in [-0.05, 0) is 27.7 Å². The summed E-state index contributed by atoms with van der Waals surface area (Å²) in [4.78, 5) is 0. The fourth-order valence-corrected chi connectivity index (χ4v) is 3.85. The molecule has 0 saturated carbocycles. The second-order valence-electron chi connectivity index (χ2n) is 5.99. The molecule has 0 aliphatic heterocycles. The van der Waals surface area contributed by atoms with Crippen molar-refractivity contribution in [3.63, 3.8) is 0 Å². The van der Waals surface area contributed by atoms with E-state index in [9.17, 15) is 4.57 Å². The normalized spacial score (nSPS) is 12.2. The van der Waals surface area contributed by atoms with E-state index in [0.717, 1.165) is 12.3 Å². The molecule has 0 N–H and O–H groups in total. The van der Waals surface area contributed by atoms with Crippen LogP contribution >= 0.6 is 7.14 Å². The molecule has 1 nitrogen and oxygen atoms in total. The summed E-state index contributed by atoms with van der Waals surface area (Å²) in [6, 6.07) is 0. The lowest BCUT2D eigenvalue weighted by Gasteiger charge is -2.30. The third-order valence-corrected chi connectivity index (χ3v) is 6.80. The molecule has 0 amide bonds. The first-order chi connectivity index (χ1) is 7.08. The first-order valence-corrected chi connectivity index (χ1v) is 8.01. The van der Waals surface area contributed by atoms with Gasteiger partial charge in [0.15, 0.2) is 0 Å². The molecule has 0 radical (unpaired) electrons. The predicted molar refractivity (Wildman–Crippen MR) is 76.0 cm³/mol. The molecule has 0 aliphatic rings. The van der Waals surface area contributed by atoms with Gasteiger partial charge in [0, 0.05) is 17.5 Å². The Balaban J connectivity index is 4.99. The van der Waals surface area contributed by atoms with Gasteiger partial charge in [0.1, 0.15) is 0 Å². The Morgan fingerprint density at radius 3 is 1.44 bits per heavy atom. The van der Waals surface area contributed by atoms with Gasteiger partial charge in [0.2, 0.25) is 0 Å². The summed E-state index contributed by atoms with van der Waals surface area (Å²) in [7, 11) is -2.16. The zero-order chi connectivity index (χ0) is 13.0. The molecular formula is C14H27OP. The highest BCUT2D eigenvalue weighted by Gasteiger charge is 2.34. The third-order valence-electron chi connectivity index (χ3n) is 2.81. The highest BCUT2D eigenvalue weighted by Crippen LogP contribution is 2.57. The monoisotopic (exact) mass is 242 g/mol. The summed E-state index contributed by atoms with van der Waals surface area (Å²) in [5.41, 5.74) is 2.50. The predicted octanol–water partition coefficient (Wildman–Crippen LogP) is 5.08. The van der Waals surface area contributed by atoms with Crippen LogP contribution in [0.4, 0.5) is 0 Å². The van der Waals surface area contributed by atoms with Gasteiger partial charge in [-0.25, -0.2) is 0 Å². The molecule has 0 fully saturated rings. The molecule has 0 aromatic carbocycles. The van der Waals surface area contributed by atoms with E-state index >= 15 is 0 Å². The van der Waals surface area contributed by atoms with E-state index < -0.39 is 7.14 Å². The van der Waals surface area contributed by atoms with E-state index in [1.165, 1.54) is 11.1 Å². The van der Waals surface area contributed by atoms with Gasteiger partial charge < -0.3 is 4.57 Å². The second-order valence-corrected chi connectivity index (χ2v) is 9.84. The van der Waals surface area contributed by atoms with E-state index in [2.05, 4.69) is 60.6 Å². The van der Waals surface area contributed by atoms with Gasteiger partial charge in [0.25, 0.3) is 0 Å². The maximum atomic E-state index is 13.0. The van der Waals surface area contributed by atoms with Crippen molar-refractivity contribution in [1.29, 1.82) is 0 Å². The van der Waals surface area contributed by atoms with Crippen LogP contribution in [0.1, 0.15) is 48.5 Å². The van der Waals surface area contributed by atoms with Gasteiger partial charge in [-0.3, -0.25) is 0 Å². The Morgan fingerprint density at radius 1 is 0.938 bits per heavy atom. The fraction of sp³-hybridized carbons (Fsp3) is 0.714. The maximum Gasteiger partial charge on any atom is 0.0999 e. The van der Waals surface area contributed by atoms with Gasteiger partial charge in [-0.1, -0.05) is 44.1 Å². The minimum absolute atomic E-state index is 0.106. The molecule has 0 aliphatic carbocycles. The van der Waals surface area contributed by atoms with Gasteiger partial charge in [-0.2, -0.15) is 0 Å². The van der Waals surface area contributed by atoms with Gasteiger partial charge >= 0.3 is 0 Å². The smallest absolute Gasteiger partial charge is 0.0999 e. The van der Waals surface area contributed by atoms with Crippen molar-refractivity contribution in [3.05, 3.63) is 23.3 Å². The zero-order valence-electron chi connectivity index (χ0n) is 11.9. The van der Waals surface area contributed by atoms with Crippen LogP contribution in [0, 0.1) is 0 Å². The Hall–Kier alpha value is -0.290.